The molecule has 0 aliphatic heterocycles. The first-order valence-corrected chi connectivity index (χ1v) is 8.07. The van der Waals surface area contributed by atoms with E-state index in [-0.39, 0.29) is 5.91 Å². The molecular formula is C15H22N4OS. The van der Waals surface area contributed by atoms with Crippen LogP contribution in [0.1, 0.15) is 54.1 Å². The molecule has 0 saturated heterocycles. The Kier molecular flexibility index (Phi) is 4.46. The Morgan fingerprint density at radius 1 is 1.38 bits per heavy atom. The summed E-state index contributed by atoms with van der Waals surface area (Å²) in [6.45, 7) is 10.6. The molecule has 5 nitrogen and oxygen atoms in total. The van der Waals surface area contributed by atoms with Crippen LogP contribution in [0.5, 0.6) is 0 Å². The lowest BCUT2D eigenvalue weighted by Crippen LogP contribution is -2.43. The van der Waals surface area contributed by atoms with E-state index in [0.29, 0.717) is 12.2 Å². The molecule has 1 atom stereocenters. The number of hydrogen-bond donors (Lipinski definition) is 1. The number of aryl methyl sites for hydroxylation is 3. The number of rotatable bonds is 5. The second-order valence-electron chi connectivity index (χ2n) is 5.42. The smallest absolute Gasteiger partial charge is 0.270 e. The van der Waals surface area contributed by atoms with Gasteiger partial charge in [-0.25, -0.2) is 4.98 Å². The lowest BCUT2D eigenvalue weighted by Gasteiger charge is -2.27. The van der Waals surface area contributed by atoms with Gasteiger partial charge in [-0.1, -0.05) is 6.92 Å². The largest absolute Gasteiger partial charge is 0.339 e. The van der Waals surface area contributed by atoms with Gasteiger partial charge >= 0.3 is 0 Å². The van der Waals surface area contributed by atoms with Gasteiger partial charge in [0, 0.05) is 17.6 Å². The highest BCUT2D eigenvalue weighted by molar-refractivity contribution is 7.09. The Labute approximate surface area is 129 Å². The van der Waals surface area contributed by atoms with E-state index >= 15 is 0 Å². The fourth-order valence-electron chi connectivity index (χ4n) is 2.18. The van der Waals surface area contributed by atoms with E-state index in [1.54, 1.807) is 16.0 Å². The average Bonchev–Trinajstić information content (AvgIpc) is 3.04. The van der Waals surface area contributed by atoms with E-state index in [2.05, 4.69) is 22.3 Å². The molecule has 6 heteroatoms. The zero-order valence-corrected chi connectivity index (χ0v) is 14.0. The van der Waals surface area contributed by atoms with E-state index in [1.807, 2.05) is 39.1 Å². The van der Waals surface area contributed by atoms with Crippen molar-refractivity contribution >= 4 is 17.2 Å². The van der Waals surface area contributed by atoms with Gasteiger partial charge in [0.25, 0.3) is 5.91 Å². The third kappa shape index (κ3) is 3.15. The highest BCUT2D eigenvalue weighted by Crippen LogP contribution is 2.28. The van der Waals surface area contributed by atoms with Gasteiger partial charge in [-0.3, -0.25) is 9.48 Å². The topological polar surface area (TPSA) is 59.8 Å². The van der Waals surface area contributed by atoms with Gasteiger partial charge in [0.05, 0.1) is 11.2 Å². The van der Waals surface area contributed by atoms with Crippen LogP contribution in [0.3, 0.4) is 0 Å². The van der Waals surface area contributed by atoms with Crippen LogP contribution in [0.15, 0.2) is 11.4 Å². The van der Waals surface area contributed by atoms with Crippen molar-refractivity contribution in [3.8, 4) is 0 Å². The van der Waals surface area contributed by atoms with Crippen LogP contribution in [-0.4, -0.2) is 20.7 Å². The first kappa shape index (κ1) is 15.7. The molecule has 0 bridgehead atoms. The molecule has 0 radical (unpaired) electrons. The molecule has 0 aliphatic carbocycles. The quantitative estimate of drug-likeness (QED) is 0.923. The summed E-state index contributed by atoms with van der Waals surface area (Å²) in [4.78, 5) is 17.1. The molecule has 1 N–H and O–H groups in total. The van der Waals surface area contributed by atoms with Gasteiger partial charge in [-0.2, -0.15) is 5.10 Å². The monoisotopic (exact) mass is 306 g/mol. The number of aromatic nitrogens is 3. The predicted molar refractivity (Wildman–Crippen MR) is 84.6 cm³/mol. The normalized spacial score (nSPS) is 14.0. The van der Waals surface area contributed by atoms with Crippen molar-refractivity contribution in [3.05, 3.63) is 33.5 Å². The molecule has 0 unspecified atom stereocenters. The SMILES string of the molecule is CCn1nc(C)cc1C(=O)N[C@@](C)(CC)c1nc(C)cs1. The van der Waals surface area contributed by atoms with Gasteiger partial charge < -0.3 is 5.32 Å². The first-order valence-electron chi connectivity index (χ1n) is 7.19. The molecule has 2 heterocycles. The fourth-order valence-corrected chi connectivity index (χ4v) is 3.17. The molecule has 0 saturated carbocycles. The number of thiazole rings is 1. The van der Waals surface area contributed by atoms with Gasteiger partial charge in [0.2, 0.25) is 0 Å². The van der Waals surface area contributed by atoms with Gasteiger partial charge in [-0.15, -0.1) is 11.3 Å². The lowest BCUT2D eigenvalue weighted by atomic mass is 9.99. The third-order valence-corrected chi connectivity index (χ3v) is 4.85. The van der Waals surface area contributed by atoms with Crippen LogP contribution in [0.25, 0.3) is 0 Å². The van der Waals surface area contributed by atoms with Crippen LogP contribution in [-0.2, 0) is 12.1 Å². The number of amides is 1. The van der Waals surface area contributed by atoms with Crippen molar-refractivity contribution in [2.24, 2.45) is 0 Å². The molecule has 0 spiro atoms. The van der Waals surface area contributed by atoms with E-state index < -0.39 is 5.54 Å². The fraction of sp³-hybridized carbons (Fsp3) is 0.533. The summed E-state index contributed by atoms with van der Waals surface area (Å²) in [6.07, 6.45) is 0.783. The summed E-state index contributed by atoms with van der Waals surface area (Å²) >= 11 is 1.59. The summed E-state index contributed by atoms with van der Waals surface area (Å²) in [5.41, 5.74) is 1.99. The highest BCUT2D eigenvalue weighted by Gasteiger charge is 2.31. The molecule has 114 valence electrons. The summed E-state index contributed by atoms with van der Waals surface area (Å²) in [5, 5.41) is 10.4. The van der Waals surface area contributed by atoms with Crippen LogP contribution >= 0.6 is 11.3 Å². The van der Waals surface area contributed by atoms with Crippen molar-refractivity contribution in [1.82, 2.24) is 20.1 Å². The summed E-state index contributed by atoms with van der Waals surface area (Å²) < 4.78 is 1.73. The first-order chi connectivity index (χ1) is 9.89. The van der Waals surface area contributed by atoms with Crippen LogP contribution < -0.4 is 5.32 Å². The van der Waals surface area contributed by atoms with Crippen molar-refractivity contribution in [1.29, 1.82) is 0 Å². The van der Waals surface area contributed by atoms with Crippen molar-refractivity contribution in [2.75, 3.05) is 0 Å². The van der Waals surface area contributed by atoms with Gasteiger partial charge in [-0.05, 0) is 40.2 Å². The Morgan fingerprint density at radius 3 is 2.62 bits per heavy atom. The maximum atomic E-state index is 12.6. The van der Waals surface area contributed by atoms with Crippen molar-refractivity contribution in [3.63, 3.8) is 0 Å². The second kappa shape index (κ2) is 5.97. The Bertz CT molecular complexity index is 646. The average molecular weight is 306 g/mol. The molecule has 0 fully saturated rings. The number of carbonyl (C=O) groups is 1. The maximum Gasteiger partial charge on any atom is 0.270 e. The molecule has 1 amide bonds. The Hall–Kier alpha value is -1.69. The highest BCUT2D eigenvalue weighted by atomic mass is 32.1. The molecule has 2 rings (SSSR count). The zero-order valence-electron chi connectivity index (χ0n) is 13.2. The zero-order chi connectivity index (χ0) is 15.6. The number of nitrogens with one attached hydrogen (secondary N) is 1. The molecule has 0 aliphatic rings. The standard InChI is InChI=1S/C15H22N4OS/c1-6-15(5,14-16-11(4)9-21-14)17-13(20)12-8-10(3)18-19(12)7-2/h8-9H,6-7H2,1-5H3,(H,17,20)/t15-/m0/s1. The Morgan fingerprint density at radius 2 is 2.10 bits per heavy atom. The van der Waals surface area contributed by atoms with Gasteiger partial charge in [0.1, 0.15) is 10.7 Å². The minimum absolute atomic E-state index is 0.102. The molecule has 0 aromatic carbocycles. The number of hydrogen-bond acceptors (Lipinski definition) is 4. The van der Waals surface area contributed by atoms with E-state index in [4.69, 9.17) is 0 Å². The third-order valence-electron chi connectivity index (χ3n) is 3.62. The maximum absolute atomic E-state index is 12.6. The Balaban J connectivity index is 2.27. The van der Waals surface area contributed by atoms with Crippen LogP contribution in [0, 0.1) is 13.8 Å². The number of carbonyl (C=O) groups excluding carboxylic acids is 1. The minimum atomic E-state index is -0.452. The van der Waals surface area contributed by atoms with E-state index in [1.165, 1.54) is 0 Å². The van der Waals surface area contributed by atoms with Crippen molar-refractivity contribution < 1.29 is 4.79 Å². The lowest BCUT2D eigenvalue weighted by molar-refractivity contribution is 0.0890. The molecule has 21 heavy (non-hydrogen) atoms. The van der Waals surface area contributed by atoms with E-state index in [0.717, 1.165) is 22.8 Å². The minimum Gasteiger partial charge on any atom is -0.339 e. The van der Waals surface area contributed by atoms with Crippen LogP contribution in [0.2, 0.25) is 0 Å². The molecule has 2 aromatic rings. The van der Waals surface area contributed by atoms with Gasteiger partial charge in [0.15, 0.2) is 0 Å². The number of nitrogens with zero attached hydrogens (tertiary/aromatic N) is 3. The predicted octanol–water partition coefficient (Wildman–Crippen LogP) is 3.03. The second-order valence-corrected chi connectivity index (χ2v) is 6.28. The molecular weight excluding hydrogens is 284 g/mol. The van der Waals surface area contributed by atoms with Crippen LogP contribution in [0.4, 0.5) is 0 Å². The summed E-state index contributed by atoms with van der Waals surface area (Å²) in [7, 11) is 0. The molecule has 2 aromatic heterocycles. The summed E-state index contributed by atoms with van der Waals surface area (Å²) in [6, 6.07) is 1.82. The summed E-state index contributed by atoms with van der Waals surface area (Å²) in [5.74, 6) is -0.102. The van der Waals surface area contributed by atoms with E-state index in [9.17, 15) is 4.79 Å². The van der Waals surface area contributed by atoms with Crippen molar-refractivity contribution in [2.45, 2.75) is 53.1 Å².